The summed E-state index contributed by atoms with van der Waals surface area (Å²) in [7, 11) is -9.16. The highest BCUT2D eigenvalue weighted by molar-refractivity contribution is 9.10. The van der Waals surface area contributed by atoms with E-state index in [1.807, 2.05) is 6.07 Å². The molecule has 0 spiro atoms. The van der Waals surface area contributed by atoms with Crippen LogP contribution in [0.1, 0.15) is 21.5 Å². The van der Waals surface area contributed by atoms with Gasteiger partial charge in [0.2, 0.25) is 0 Å². The Kier molecular flexibility index (Phi) is 8.32. The fourth-order valence-electron chi connectivity index (χ4n) is 3.21. The molecule has 1 unspecified atom stereocenters. The Labute approximate surface area is 212 Å². The third-order valence-electron chi connectivity index (χ3n) is 4.64. The number of nitriles is 1. The van der Waals surface area contributed by atoms with E-state index in [1.165, 1.54) is 25.4 Å². The third-order valence-corrected chi connectivity index (χ3v) is 7.27. The first-order valence-electron chi connectivity index (χ1n) is 9.63. The quantitative estimate of drug-likeness (QED) is 0.247. The average molecular weight is 596 g/mol. The topological polar surface area (TPSA) is 173 Å². The van der Waals surface area contributed by atoms with Crippen LogP contribution in [-0.2, 0) is 18.0 Å². The molecule has 1 atom stereocenters. The van der Waals surface area contributed by atoms with Gasteiger partial charge in [-0.05, 0) is 47.9 Å². The van der Waals surface area contributed by atoms with Gasteiger partial charge in [0.1, 0.15) is 12.4 Å². The van der Waals surface area contributed by atoms with E-state index in [0.29, 0.717) is 37.8 Å². The highest BCUT2D eigenvalue weighted by Gasteiger charge is 2.33. The predicted molar refractivity (Wildman–Crippen MR) is 131 cm³/mol. The summed E-state index contributed by atoms with van der Waals surface area (Å²) in [6.45, 7) is 6.66. The number of phosphoric ester groups is 1. The fourth-order valence-corrected chi connectivity index (χ4v) is 5.11. The van der Waals surface area contributed by atoms with Crippen LogP contribution in [0.25, 0.3) is 27.5 Å². The number of methoxy groups -OCH3 is 1. The van der Waals surface area contributed by atoms with E-state index in [1.54, 1.807) is 30.3 Å². The maximum atomic E-state index is 12.8. The first kappa shape index (κ1) is 27.5. The molecule has 0 fully saturated rings. The fraction of sp³-hybridized carbons (Fsp3) is 0.0952. The van der Waals surface area contributed by atoms with Crippen molar-refractivity contribution < 1.29 is 42.2 Å². The van der Waals surface area contributed by atoms with E-state index in [9.17, 15) is 24.1 Å². The summed E-state index contributed by atoms with van der Waals surface area (Å²) < 4.78 is 37.7. The monoisotopic (exact) mass is 595 g/mol. The van der Waals surface area contributed by atoms with Crippen LogP contribution in [0.15, 0.2) is 47.1 Å². The van der Waals surface area contributed by atoms with Crippen LogP contribution in [0, 0.1) is 17.9 Å². The molecule has 1 heterocycles. The first-order valence-corrected chi connectivity index (χ1v) is 13.4. The van der Waals surface area contributed by atoms with Crippen LogP contribution in [-0.4, -0.2) is 38.9 Å². The van der Waals surface area contributed by atoms with Crippen LogP contribution < -0.4 is 4.74 Å². The van der Waals surface area contributed by atoms with Gasteiger partial charge in [0.15, 0.2) is 5.70 Å². The Hall–Kier alpha value is -3.09. The number of ether oxygens (including phenoxy) is 1. The molecular formula is C21H16BrN3O9P2. The van der Waals surface area contributed by atoms with E-state index >= 15 is 0 Å². The Morgan fingerprint density at radius 1 is 1.25 bits per heavy atom. The molecule has 36 heavy (non-hydrogen) atoms. The molecule has 2 aromatic carbocycles. The molecule has 186 valence electrons. The Morgan fingerprint density at radius 2 is 1.97 bits per heavy atom. The number of nitrogens with zero attached hydrogens (tertiary/aromatic N) is 3. The number of benzene rings is 2. The van der Waals surface area contributed by atoms with Gasteiger partial charge in [0.05, 0.1) is 30.8 Å². The van der Waals surface area contributed by atoms with Crippen LogP contribution in [0.2, 0.25) is 0 Å². The molecule has 0 saturated carbocycles. The molecular weight excluding hydrogens is 580 g/mol. The summed E-state index contributed by atoms with van der Waals surface area (Å²) in [5, 5.41) is 9.69. The van der Waals surface area contributed by atoms with Crippen LogP contribution >= 0.6 is 31.6 Å². The van der Waals surface area contributed by atoms with Gasteiger partial charge in [-0.1, -0.05) is 15.9 Å². The summed E-state index contributed by atoms with van der Waals surface area (Å²) in [6, 6.07) is 11.5. The van der Waals surface area contributed by atoms with E-state index in [4.69, 9.17) is 21.1 Å². The number of phosphoric acid groups is 2. The number of rotatable bonds is 8. The molecule has 0 aliphatic rings. The van der Waals surface area contributed by atoms with Crippen molar-refractivity contribution in [2.45, 2.75) is 0 Å². The minimum atomic E-state index is -5.36. The number of hydrogen-bond acceptors (Lipinski definition) is 7. The minimum Gasteiger partial charge on any atom is -0.496 e. The lowest BCUT2D eigenvalue weighted by Gasteiger charge is -2.12. The van der Waals surface area contributed by atoms with Crippen molar-refractivity contribution in [1.29, 1.82) is 5.26 Å². The Bertz CT molecular complexity index is 1560. The number of halogens is 1. The van der Waals surface area contributed by atoms with Crippen molar-refractivity contribution in [3.05, 3.63) is 75.2 Å². The van der Waals surface area contributed by atoms with E-state index in [-0.39, 0.29) is 5.70 Å². The van der Waals surface area contributed by atoms with Gasteiger partial charge < -0.3 is 19.4 Å². The van der Waals surface area contributed by atoms with E-state index < -0.39 is 28.2 Å². The molecule has 3 N–H and O–H groups in total. The van der Waals surface area contributed by atoms with Crippen molar-refractivity contribution >= 4 is 60.2 Å². The average Bonchev–Trinajstić information content (AvgIpc) is 3.17. The van der Waals surface area contributed by atoms with E-state index in [2.05, 4.69) is 29.6 Å². The van der Waals surface area contributed by atoms with Gasteiger partial charge in [-0.15, -0.1) is 0 Å². The van der Waals surface area contributed by atoms with Gasteiger partial charge in [-0.25, -0.2) is 14.0 Å². The maximum absolute atomic E-state index is 12.8. The normalized spacial score (nSPS) is 13.6. The zero-order valence-corrected chi connectivity index (χ0v) is 21.6. The standard InChI is InChI=1S/C21H16BrN3O9P2/c1-24-18(8-14-7-13(10-23)3-6-20(14)32-2)17-11-25(19-5-4-15(22)9-16(17)19)21(26)12-33-36(30,31)34-35(27,28)29/h3-9,11H,12H2,2H3,(H,30,31)(H2,27,28,29)/b18-8-. The summed E-state index contributed by atoms with van der Waals surface area (Å²) in [4.78, 5) is 43.3. The van der Waals surface area contributed by atoms with Crippen LogP contribution in [0.4, 0.5) is 0 Å². The minimum absolute atomic E-state index is 0.0941. The highest BCUT2D eigenvalue weighted by atomic mass is 79.9. The van der Waals surface area contributed by atoms with Crippen molar-refractivity contribution in [3.63, 3.8) is 0 Å². The van der Waals surface area contributed by atoms with Crippen molar-refractivity contribution in [2.24, 2.45) is 0 Å². The molecule has 12 nitrogen and oxygen atoms in total. The molecule has 3 rings (SSSR count). The molecule has 0 amide bonds. The summed E-state index contributed by atoms with van der Waals surface area (Å²) in [6.07, 6.45) is 2.81. The number of hydrogen-bond donors (Lipinski definition) is 3. The lowest BCUT2D eigenvalue weighted by Crippen LogP contribution is -2.16. The summed E-state index contributed by atoms with van der Waals surface area (Å²) in [5.74, 6) is -0.473. The van der Waals surface area contributed by atoms with Gasteiger partial charge >= 0.3 is 15.6 Å². The zero-order chi connectivity index (χ0) is 26.7. The Balaban J connectivity index is 2.08. The largest absolute Gasteiger partial charge is 0.496 e. The highest BCUT2D eigenvalue weighted by Crippen LogP contribution is 2.57. The van der Waals surface area contributed by atoms with Gasteiger partial charge in [0, 0.05) is 21.8 Å². The molecule has 3 aromatic rings. The second-order valence-corrected chi connectivity index (χ2v) is 10.7. The third kappa shape index (κ3) is 6.56. The SMILES string of the molecule is [C-]#[N+]/C(=C\c1cc(C#N)ccc1OC)c1cn(C(=O)COP(=O)(O)OP(=O)(O)O)c2ccc(Br)cc12. The van der Waals surface area contributed by atoms with E-state index in [0.717, 1.165) is 4.57 Å². The smallest absolute Gasteiger partial charge is 0.481 e. The van der Waals surface area contributed by atoms with Crippen molar-refractivity contribution in [2.75, 3.05) is 13.7 Å². The zero-order valence-electron chi connectivity index (χ0n) is 18.2. The maximum Gasteiger partial charge on any atom is 0.481 e. The number of carbonyl (C=O) groups is 1. The number of fused-ring (bicyclic) bond motifs is 1. The number of carbonyl (C=O) groups excluding carboxylic acids is 1. The lowest BCUT2D eigenvalue weighted by molar-refractivity contribution is 0.0802. The predicted octanol–water partition coefficient (Wildman–Crippen LogP) is 4.57. The molecule has 0 aliphatic heterocycles. The van der Waals surface area contributed by atoms with Gasteiger partial charge in [-0.3, -0.25) is 13.9 Å². The summed E-state index contributed by atoms with van der Waals surface area (Å²) in [5.41, 5.74) is 1.52. The second kappa shape index (κ2) is 10.9. The van der Waals surface area contributed by atoms with Crippen LogP contribution in [0.5, 0.6) is 5.75 Å². The van der Waals surface area contributed by atoms with Crippen molar-refractivity contribution in [1.82, 2.24) is 4.57 Å². The lowest BCUT2D eigenvalue weighted by atomic mass is 10.1. The molecule has 0 radical (unpaired) electrons. The molecule has 1 aromatic heterocycles. The first-order chi connectivity index (χ1) is 16.9. The Morgan fingerprint density at radius 3 is 2.58 bits per heavy atom. The molecule has 15 heteroatoms. The summed E-state index contributed by atoms with van der Waals surface area (Å²) >= 11 is 3.34. The number of aromatic nitrogens is 1. The second-order valence-electron chi connectivity index (χ2n) is 6.99. The molecule has 0 saturated heterocycles. The van der Waals surface area contributed by atoms with Gasteiger partial charge in [-0.2, -0.15) is 9.57 Å². The van der Waals surface area contributed by atoms with Gasteiger partial charge in [0.25, 0.3) is 5.91 Å². The molecule has 0 bridgehead atoms. The molecule has 0 aliphatic carbocycles. The van der Waals surface area contributed by atoms with Crippen molar-refractivity contribution in [3.8, 4) is 11.8 Å². The van der Waals surface area contributed by atoms with Crippen LogP contribution in [0.3, 0.4) is 0 Å².